The van der Waals surface area contributed by atoms with Crippen molar-refractivity contribution >= 4 is 23.5 Å². The number of amidine groups is 1. The summed E-state index contributed by atoms with van der Waals surface area (Å²) in [6, 6.07) is 15.0. The van der Waals surface area contributed by atoms with Crippen molar-refractivity contribution in [2.75, 3.05) is 13.2 Å². The molecule has 4 N–H and O–H groups in total. The van der Waals surface area contributed by atoms with Crippen LogP contribution in [0.25, 0.3) is 0 Å². The van der Waals surface area contributed by atoms with Crippen LogP contribution in [0.1, 0.15) is 35.1 Å². The van der Waals surface area contributed by atoms with E-state index in [2.05, 4.69) is 0 Å². The number of aryl methyl sites for hydroxylation is 2. The molecule has 212 valence electrons. The zero-order chi connectivity index (χ0) is 29.3. The Labute approximate surface area is 228 Å². The number of quaternary nitrogens is 1. The van der Waals surface area contributed by atoms with Gasteiger partial charge in [-0.2, -0.15) is 13.2 Å². The molecule has 0 aliphatic carbocycles. The molecule has 40 heavy (non-hydrogen) atoms. The average molecular weight is 561 g/mol. The maximum absolute atomic E-state index is 14.2. The smallest absolute Gasteiger partial charge is 0.426 e. The Bertz CT molecular complexity index is 1340. The molecule has 0 fully saturated rings. The third-order valence-corrected chi connectivity index (χ3v) is 6.15. The number of halogens is 4. The minimum atomic E-state index is -4.50. The van der Waals surface area contributed by atoms with Crippen molar-refractivity contribution in [3.63, 3.8) is 0 Å². The van der Waals surface area contributed by atoms with E-state index in [9.17, 15) is 27.2 Å². The Hall–Kier alpha value is -4.25. The number of carbonyl (C=O) groups is 2. The molecule has 0 spiro atoms. The highest BCUT2D eigenvalue weighted by Crippen LogP contribution is 2.29. The normalized spacial score (nSPS) is 11.2. The van der Waals surface area contributed by atoms with Crippen molar-refractivity contribution in [3.05, 3.63) is 94.8 Å². The molecular weight excluding hydrogens is 530 g/mol. The van der Waals surface area contributed by atoms with Crippen molar-refractivity contribution in [2.45, 2.75) is 38.8 Å². The zero-order valence-corrected chi connectivity index (χ0v) is 21.8. The molecule has 0 bridgehead atoms. The first-order valence-corrected chi connectivity index (χ1v) is 12.5. The molecule has 0 radical (unpaired) electrons. The van der Waals surface area contributed by atoms with Crippen LogP contribution in [0.2, 0.25) is 0 Å². The number of alkyl halides is 3. The van der Waals surface area contributed by atoms with Gasteiger partial charge in [0.25, 0.3) is 0 Å². The summed E-state index contributed by atoms with van der Waals surface area (Å²) in [5, 5.41) is 18.5. The number of primary amides is 1. The van der Waals surface area contributed by atoms with Gasteiger partial charge in [0.1, 0.15) is 23.1 Å². The molecule has 0 heterocycles. The summed E-state index contributed by atoms with van der Waals surface area (Å²) < 4.78 is 58.1. The standard InChI is InChI=1S/C29H29F4N3O4/c1-19-17-20(9-14-25(19)40-18-27(37)38)5-4-8-26(34)36(16-15-21-6-2-3-7-24(21)30)28(39)35-23-12-10-22(11-13-23)29(31,32)33/h2-3,6-7,9-14,17,34H,4-5,8,15-16,18H2,1H3,(H,35,39)(H,37,38)/p+1. The first-order valence-electron chi connectivity index (χ1n) is 12.5. The fourth-order valence-electron chi connectivity index (χ4n) is 4.06. The van der Waals surface area contributed by atoms with Gasteiger partial charge in [-0.15, -0.1) is 0 Å². The second-order valence-electron chi connectivity index (χ2n) is 9.18. The number of aliphatic carboxylic acids is 1. The third-order valence-electron chi connectivity index (χ3n) is 6.15. The van der Waals surface area contributed by atoms with Crippen LogP contribution in [0.5, 0.6) is 5.75 Å². The summed E-state index contributed by atoms with van der Waals surface area (Å²) in [5.74, 6) is -1.05. The molecule has 7 nitrogen and oxygen atoms in total. The molecule has 3 rings (SSSR count). The van der Waals surface area contributed by atoms with Gasteiger partial charge in [0, 0.05) is 25.1 Å². The van der Waals surface area contributed by atoms with Gasteiger partial charge in [-0.1, -0.05) is 30.3 Å². The van der Waals surface area contributed by atoms with Crippen molar-refractivity contribution in [3.8, 4) is 5.75 Å². The molecule has 2 amide bonds. The number of nitrogens with two attached hydrogens (primary N) is 1. The number of nitrogens with one attached hydrogen (secondary N) is 1. The molecule has 0 saturated heterocycles. The topological polar surface area (TPSA) is 107 Å². The Morgan fingerprint density at radius 2 is 1.73 bits per heavy atom. The lowest BCUT2D eigenvalue weighted by Crippen LogP contribution is -2.86. The third kappa shape index (κ3) is 8.91. The molecule has 0 aliphatic heterocycles. The van der Waals surface area contributed by atoms with E-state index in [0.717, 1.165) is 28.6 Å². The molecule has 3 aromatic carbocycles. The lowest BCUT2D eigenvalue weighted by atomic mass is 10.0. The first kappa shape index (κ1) is 30.3. The number of carboxylic acid groups (broad SMARTS) is 1. The molecule has 3 aromatic rings. The highest BCUT2D eigenvalue weighted by molar-refractivity contribution is 5.92. The van der Waals surface area contributed by atoms with Crippen LogP contribution >= 0.6 is 0 Å². The summed E-state index contributed by atoms with van der Waals surface area (Å²) >= 11 is 0. The lowest BCUT2D eigenvalue weighted by molar-refractivity contribution is -0.470. The van der Waals surface area contributed by atoms with Gasteiger partial charge in [-0.05, 0) is 67.1 Å². The number of benzene rings is 3. The van der Waals surface area contributed by atoms with Crippen LogP contribution in [-0.4, -0.2) is 41.0 Å². The van der Waals surface area contributed by atoms with Gasteiger partial charge in [-0.3, -0.25) is 5.41 Å². The second-order valence-corrected chi connectivity index (χ2v) is 9.18. The maximum Gasteiger partial charge on any atom is 0.426 e. The summed E-state index contributed by atoms with van der Waals surface area (Å²) in [6.45, 7) is 1.37. The molecule has 0 aromatic heterocycles. The van der Waals surface area contributed by atoms with E-state index < -0.39 is 36.2 Å². The Morgan fingerprint density at radius 3 is 2.35 bits per heavy atom. The largest absolute Gasteiger partial charge is 0.482 e. The zero-order valence-electron chi connectivity index (χ0n) is 21.8. The molecule has 0 atom stereocenters. The molecule has 11 heteroatoms. The quantitative estimate of drug-likeness (QED) is 0.125. The SMILES string of the molecule is Cc1cc(CCCC(=N)N(CCc2ccccc2F)C(=O)[NH2+]c2ccc(C(F)(F)F)cc2)ccc1OCC(=O)O. The van der Waals surface area contributed by atoms with Crippen LogP contribution in [0.3, 0.4) is 0 Å². The molecule has 0 saturated carbocycles. The molecule has 0 aliphatic rings. The van der Waals surface area contributed by atoms with E-state index in [4.69, 9.17) is 15.3 Å². The van der Waals surface area contributed by atoms with Crippen LogP contribution < -0.4 is 10.1 Å². The van der Waals surface area contributed by atoms with Crippen LogP contribution in [0.4, 0.5) is 28.0 Å². The van der Waals surface area contributed by atoms with Gasteiger partial charge in [0.2, 0.25) is 0 Å². The number of hydrogen-bond acceptors (Lipinski definition) is 4. The summed E-state index contributed by atoms with van der Waals surface area (Å²) in [6.07, 6.45) is -3.04. The second kappa shape index (κ2) is 13.7. The Balaban J connectivity index is 1.66. The maximum atomic E-state index is 14.2. The monoisotopic (exact) mass is 560 g/mol. The number of amides is 2. The Kier molecular flexibility index (Phi) is 10.4. The summed E-state index contributed by atoms with van der Waals surface area (Å²) in [4.78, 5) is 25.1. The number of urea groups is 1. The number of nitrogens with zero attached hydrogens (tertiary/aromatic N) is 1. The number of hydrogen-bond donors (Lipinski definition) is 3. The van der Waals surface area contributed by atoms with E-state index in [-0.39, 0.29) is 30.9 Å². The van der Waals surface area contributed by atoms with Gasteiger partial charge in [0.15, 0.2) is 6.61 Å². The highest BCUT2D eigenvalue weighted by Gasteiger charge is 2.30. The number of ether oxygens (including phenoxy) is 1. The van der Waals surface area contributed by atoms with Gasteiger partial charge < -0.3 is 9.84 Å². The van der Waals surface area contributed by atoms with Crippen LogP contribution in [0, 0.1) is 18.2 Å². The van der Waals surface area contributed by atoms with E-state index in [1.165, 1.54) is 23.1 Å². The predicted octanol–water partition coefficient (Wildman–Crippen LogP) is 5.48. The van der Waals surface area contributed by atoms with E-state index in [1.54, 1.807) is 37.3 Å². The minimum Gasteiger partial charge on any atom is -0.482 e. The summed E-state index contributed by atoms with van der Waals surface area (Å²) in [7, 11) is 0. The summed E-state index contributed by atoms with van der Waals surface area (Å²) in [5.41, 5.74) is 1.50. The van der Waals surface area contributed by atoms with Crippen molar-refractivity contribution in [1.29, 1.82) is 5.41 Å². The van der Waals surface area contributed by atoms with E-state index in [0.29, 0.717) is 24.2 Å². The number of carboxylic acids is 1. The molecule has 0 unspecified atom stereocenters. The van der Waals surface area contributed by atoms with Crippen LogP contribution in [0.15, 0.2) is 66.7 Å². The van der Waals surface area contributed by atoms with Gasteiger partial charge >= 0.3 is 18.2 Å². The highest BCUT2D eigenvalue weighted by atomic mass is 19.4. The number of carbonyl (C=O) groups excluding carboxylic acids is 1. The Morgan fingerprint density at radius 1 is 1.02 bits per heavy atom. The van der Waals surface area contributed by atoms with Crippen molar-refractivity contribution in [1.82, 2.24) is 4.90 Å². The van der Waals surface area contributed by atoms with Crippen LogP contribution in [-0.2, 0) is 23.8 Å². The average Bonchev–Trinajstić information content (AvgIpc) is 2.89. The predicted molar refractivity (Wildman–Crippen MR) is 140 cm³/mol. The van der Waals surface area contributed by atoms with E-state index in [1.807, 2.05) is 6.07 Å². The fraction of sp³-hybridized carbons (Fsp3) is 0.276. The molecular formula is C29H30F4N3O4+. The van der Waals surface area contributed by atoms with Crippen molar-refractivity contribution in [2.24, 2.45) is 0 Å². The van der Waals surface area contributed by atoms with E-state index >= 15 is 0 Å². The first-order chi connectivity index (χ1) is 18.9. The minimum absolute atomic E-state index is 0.00244. The fourth-order valence-corrected chi connectivity index (χ4v) is 4.06. The van der Waals surface area contributed by atoms with Gasteiger partial charge in [0.05, 0.1) is 5.56 Å². The van der Waals surface area contributed by atoms with Gasteiger partial charge in [-0.25, -0.2) is 24.2 Å². The number of rotatable bonds is 11. The lowest BCUT2D eigenvalue weighted by Gasteiger charge is -2.21. The van der Waals surface area contributed by atoms with Crippen molar-refractivity contribution < 1.29 is 42.3 Å².